The zero-order chi connectivity index (χ0) is 10.1. The van der Waals surface area contributed by atoms with Gasteiger partial charge in [0.05, 0.1) is 11.0 Å². The highest BCUT2D eigenvalue weighted by Crippen LogP contribution is 2.12. The highest BCUT2D eigenvalue weighted by Gasteiger charge is 2.05. The van der Waals surface area contributed by atoms with E-state index in [1.165, 1.54) is 0 Å². The lowest BCUT2D eigenvalue weighted by atomic mass is 10.3. The summed E-state index contributed by atoms with van der Waals surface area (Å²) in [6, 6.07) is 7.87. The summed E-state index contributed by atoms with van der Waals surface area (Å²) >= 11 is 10.3. The fourth-order valence-electron chi connectivity index (χ4n) is 1.37. The highest BCUT2D eigenvalue weighted by atomic mass is 32.1. The van der Waals surface area contributed by atoms with Gasteiger partial charge in [-0.15, -0.1) is 0 Å². The molecule has 0 aliphatic rings. The van der Waals surface area contributed by atoms with Crippen LogP contribution in [0.2, 0.25) is 0 Å². The van der Waals surface area contributed by atoms with E-state index in [2.05, 4.69) is 10.3 Å². The van der Waals surface area contributed by atoms with Gasteiger partial charge in [0.25, 0.3) is 0 Å². The van der Waals surface area contributed by atoms with Crippen molar-refractivity contribution in [3.8, 4) is 0 Å². The van der Waals surface area contributed by atoms with Crippen LogP contribution in [0.4, 0.5) is 0 Å². The van der Waals surface area contributed by atoms with E-state index >= 15 is 0 Å². The van der Waals surface area contributed by atoms with Crippen LogP contribution in [0.3, 0.4) is 0 Å². The fourth-order valence-corrected chi connectivity index (χ4v) is 1.92. The molecule has 0 unspecified atom stereocenters. The van der Waals surface area contributed by atoms with Gasteiger partial charge in [0.1, 0.15) is 0 Å². The Morgan fingerprint density at radius 3 is 2.86 bits per heavy atom. The second-order valence-electron chi connectivity index (χ2n) is 2.84. The van der Waals surface area contributed by atoms with Crippen molar-refractivity contribution in [3.05, 3.63) is 29.0 Å². The molecule has 0 saturated carbocycles. The minimum Gasteiger partial charge on any atom is -0.365 e. The van der Waals surface area contributed by atoms with Crippen LogP contribution in [0.5, 0.6) is 0 Å². The van der Waals surface area contributed by atoms with E-state index in [1.54, 1.807) is 11.6 Å². The number of imidazole rings is 1. The smallest absolute Gasteiger partial charge is 0.184 e. The molecule has 0 bridgehead atoms. The van der Waals surface area contributed by atoms with Crippen LogP contribution in [-0.4, -0.2) is 21.7 Å². The Bertz CT molecular complexity index is 538. The minimum absolute atomic E-state index is 0.604. The third kappa shape index (κ3) is 1.34. The van der Waals surface area contributed by atoms with Crippen LogP contribution in [0.25, 0.3) is 11.0 Å². The molecule has 2 rings (SSSR count). The van der Waals surface area contributed by atoms with Gasteiger partial charge in [-0.1, -0.05) is 12.1 Å². The Morgan fingerprint density at radius 2 is 2.14 bits per heavy atom. The van der Waals surface area contributed by atoms with Gasteiger partial charge >= 0.3 is 0 Å². The van der Waals surface area contributed by atoms with Gasteiger partial charge in [-0.25, -0.2) is 0 Å². The summed E-state index contributed by atoms with van der Waals surface area (Å²) in [7, 11) is 1.78. The SMILES string of the molecule is CNC(=S)n1c(=S)[nH]c2ccccc21. The number of rotatable bonds is 0. The van der Waals surface area contributed by atoms with Crippen molar-refractivity contribution in [3.63, 3.8) is 0 Å². The normalized spacial score (nSPS) is 10.4. The van der Waals surface area contributed by atoms with E-state index in [0.717, 1.165) is 11.0 Å². The van der Waals surface area contributed by atoms with E-state index in [4.69, 9.17) is 24.4 Å². The number of para-hydroxylation sites is 2. The quantitative estimate of drug-likeness (QED) is 0.671. The zero-order valence-corrected chi connectivity index (χ0v) is 9.21. The Morgan fingerprint density at radius 1 is 1.43 bits per heavy atom. The lowest BCUT2D eigenvalue weighted by Crippen LogP contribution is -2.23. The first-order valence-electron chi connectivity index (χ1n) is 4.16. The van der Waals surface area contributed by atoms with Crippen LogP contribution in [-0.2, 0) is 0 Å². The number of hydrogen-bond donors (Lipinski definition) is 2. The standard InChI is InChI=1S/C9H9N3S2/c1-10-8(13)12-7-5-3-2-4-6(7)11-9(12)14/h2-5H,1H3,(H,10,13)(H,11,14). The lowest BCUT2D eigenvalue weighted by molar-refractivity contribution is 1.05. The number of aromatic nitrogens is 2. The summed E-state index contributed by atoms with van der Waals surface area (Å²) in [5.74, 6) is 0. The first-order valence-corrected chi connectivity index (χ1v) is 4.97. The predicted molar refractivity (Wildman–Crippen MR) is 64.2 cm³/mol. The number of hydrogen-bond acceptors (Lipinski definition) is 2. The molecule has 1 heterocycles. The second kappa shape index (κ2) is 3.51. The van der Waals surface area contributed by atoms with Crippen molar-refractivity contribution in [1.82, 2.24) is 14.9 Å². The van der Waals surface area contributed by atoms with Crippen LogP contribution in [0.1, 0.15) is 0 Å². The average molecular weight is 223 g/mol. The molecule has 0 radical (unpaired) electrons. The Kier molecular flexibility index (Phi) is 2.35. The van der Waals surface area contributed by atoms with Crippen molar-refractivity contribution >= 4 is 40.6 Å². The number of aromatic amines is 1. The lowest BCUT2D eigenvalue weighted by Gasteiger charge is -2.03. The number of benzene rings is 1. The summed E-state index contributed by atoms with van der Waals surface area (Å²) in [5, 5.41) is 3.51. The van der Waals surface area contributed by atoms with E-state index in [1.807, 2.05) is 24.3 Å². The highest BCUT2D eigenvalue weighted by molar-refractivity contribution is 7.80. The Hall–Kier alpha value is -1.20. The topological polar surface area (TPSA) is 32.8 Å². The molecule has 0 amide bonds. The van der Waals surface area contributed by atoms with Gasteiger partial charge in [-0.3, -0.25) is 4.57 Å². The molecule has 1 aromatic carbocycles. The maximum atomic E-state index is 5.18. The average Bonchev–Trinajstić information content (AvgIpc) is 2.53. The molecular weight excluding hydrogens is 214 g/mol. The van der Waals surface area contributed by atoms with Gasteiger partial charge in [0, 0.05) is 7.05 Å². The largest absolute Gasteiger partial charge is 0.365 e. The summed E-state index contributed by atoms with van der Waals surface area (Å²) in [5.41, 5.74) is 1.99. The van der Waals surface area contributed by atoms with Crippen molar-refractivity contribution in [2.45, 2.75) is 0 Å². The van der Waals surface area contributed by atoms with Crippen molar-refractivity contribution in [1.29, 1.82) is 0 Å². The molecule has 5 heteroatoms. The second-order valence-corrected chi connectivity index (χ2v) is 3.61. The summed E-state index contributed by atoms with van der Waals surface area (Å²) in [4.78, 5) is 3.09. The van der Waals surface area contributed by atoms with Gasteiger partial charge in [0.15, 0.2) is 9.88 Å². The number of nitrogens with zero attached hydrogens (tertiary/aromatic N) is 1. The van der Waals surface area contributed by atoms with E-state index in [9.17, 15) is 0 Å². The van der Waals surface area contributed by atoms with Crippen molar-refractivity contribution in [2.24, 2.45) is 0 Å². The van der Waals surface area contributed by atoms with Crippen LogP contribution < -0.4 is 5.32 Å². The molecule has 3 nitrogen and oxygen atoms in total. The van der Waals surface area contributed by atoms with Crippen molar-refractivity contribution in [2.75, 3.05) is 7.05 Å². The van der Waals surface area contributed by atoms with Crippen LogP contribution >= 0.6 is 24.4 Å². The number of nitrogens with one attached hydrogen (secondary N) is 2. The maximum Gasteiger partial charge on any atom is 0.184 e. The molecule has 1 aromatic heterocycles. The number of H-pyrrole nitrogens is 1. The van der Waals surface area contributed by atoms with Crippen LogP contribution in [0, 0.1) is 4.77 Å². The van der Waals surface area contributed by atoms with Gasteiger partial charge in [-0.2, -0.15) is 0 Å². The summed E-state index contributed by atoms with van der Waals surface area (Å²) in [6.45, 7) is 0. The first-order chi connectivity index (χ1) is 6.74. The summed E-state index contributed by atoms with van der Waals surface area (Å²) in [6.07, 6.45) is 0. The van der Waals surface area contributed by atoms with Gasteiger partial charge in [0.2, 0.25) is 0 Å². The van der Waals surface area contributed by atoms with Gasteiger partial charge in [-0.05, 0) is 36.6 Å². The molecular formula is C9H9N3S2. The zero-order valence-electron chi connectivity index (χ0n) is 7.57. The summed E-state index contributed by atoms with van der Waals surface area (Å²) < 4.78 is 2.42. The predicted octanol–water partition coefficient (Wildman–Crippen LogP) is 2.05. The Balaban J connectivity index is 2.81. The Labute approximate surface area is 91.7 Å². The van der Waals surface area contributed by atoms with E-state index in [0.29, 0.717) is 9.88 Å². The fraction of sp³-hybridized carbons (Fsp3) is 0.111. The number of fused-ring (bicyclic) bond motifs is 1. The molecule has 0 saturated heterocycles. The van der Waals surface area contributed by atoms with Crippen LogP contribution in [0.15, 0.2) is 24.3 Å². The molecule has 0 fully saturated rings. The third-order valence-electron chi connectivity index (χ3n) is 2.01. The molecule has 14 heavy (non-hydrogen) atoms. The molecule has 2 N–H and O–H groups in total. The maximum absolute atomic E-state index is 5.18. The monoisotopic (exact) mass is 223 g/mol. The molecule has 0 spiro atoms. The van der Waals surface area contributed by atoms with Gasteiger partial charge < -0.3 is 10.3 Å². The van der Waals surface area contributed by atoms with Crippen molar-refractivity contribution < 1.29 is 0 Å². The minimum atomic E-state index is 0.604. The molecule has 2 aromatic rings. The van der Waals surface area contributed by atoms with E-state index in [-0.39, 0.29) is 0 Å². The first kappa shape index (κ1) is 9.36. The third-order valence-corrected chi connectivity index (χ3v) is 2.68. The molecule has 0 aliphatic heterocycles. The molecule has 0 atom stereocenters. The number of thiocarbonyl (C=S) groups is 1. The molecule has 72 valence electrons. The van der Waals surface area contributed by atoms with E-state index < -0.39 is 0 Å². The molecule has 0 aliphatic carbocycles.